The zero-order valence-corrected chi connectivity index (χ0v) is 15.7. The van der Waals surface area contributed by atoms with Crippen molar-refractivity contribution in [1.82, 2.24) is 5.32 Å². The molecule has 0 radical (unpaired) electrons. The van der Waals surface area contributed by atoms with Crippen LogP contribution in [0.4, 0.5) is 10.5 Å². The Kier molecular flexibility index (Phi) is 4.60. The zero-order chi connectivity index (χ0) is 17.5. The molecule has 3 amide bonds. The van der Waals surface area contributed by atoms with Crippen molar-refractivity contribution in [3.8, 4) is 0 Å². The number of hydrogen-bond donors (Lipinski definition) is 1. The second-order valence-corrected chi connectivity index (χ2v) is 7.62. The maximum atomic E-state index is 12.9. The minimum Gasteiger partial charge on any atom is -0.323 e. The van der Waals surface area contributed by atoms with Crippen molar-refractivity contribution in [1.29, 1.82) is 0 Å². The lowest BCUT2D eigenvalue weighted by Crippen LogP contribution is -2.46. The highest BCUT2D eigenvalue weighted by Gasteiger charge is 2.48. The summed E-state index contributed by atoms with van der Waals surface area (Å²) in [6, 6.07) is 11.8. The van der Waals surface area contributed by atoms with E-state index in [0.29, 0.717) is 22.2 Å². The van der Waals surface area contributed by atoms with Crippen LogP contribution in [-0.4, -0.2) is 17.5 Å². The van der Waals surface area contributed by atoms with E-state index in [4.69, 9.17) is 23.2 Å². The van der Waals surface area contributed by atoms with Gasteiger partial charge in [0, 0.05) is 20.9 Å². The van der Waals surface area contributed by atoms with Gasteiger partial charge in [-0.1, -0.05) is 51.3 Å². The first-order valence-corrected chi connectivity index (χ1v) is 8.71. The van der Waals surface area contributed by atoms with Gasteiger partial charge in [-0.25, -0.2) is 9.69 Å². The summed E-state index contributed by atoms with van der Waals surface area (Å²) < 4.78 is 0.952. The van der Waals surface area contributed by atoms with Crippen molar-refractivity contribution in [3.63, 3.8) is 0 Å². The highest BCUT2D eigenvalue weighted by atomic mass is 79.9. The van der Waals surface area contributed by atoms with Gasteiger partial charge in [0.2, 0.25) is 0 Å². The smallest absolute Gasteiger partial charge is 0.323 e. The van der Waals surface area contributed by atoms with Gasteiger partial charge in [-0.15, -0.1) is 0 Å². The lowest BCUT2D eigenvalue weighted by molar-refractivity contribution is -0.121. The predicted octanol–water partition coefficient (Wildman–Crippen LogP) is 4.81. The van der Waals surface area contributed by atoms with Crippen molar-refractivity contribution in [3.05, 3.63) is 62.5 Å². The van der Waals surface area contributed by atoms with Gasteiger partial charge in [-0.2, -0.15) is 0 Å². The highest BCUT2D eigenvalue weighted by molar-refractivity contribution is 9.10. The Morgan fingerprint density at radius 3 is 2.25 bits per heavy atom. The monoisotopic (exact) mass is 426 g/mol. The Morgan fingerprint density at radius 1 is 1.08 bits per heavy atom. The molecule has 2 aromatic rings. The number of halogens is 3. The van der Waals surface area contributed by atoms with Crippen LogP contribution in [0, 0.1) is 0 Å². The van der Waals surface area contributed by atoms with Crippen LogP contribution < -0.4 is 10.2 Å². The first-order chi connectivity index (χ1) is 11.3. The van der Waals surface area contributed by atoms with Crippen LogP contribution in [0.2, 0.25) is 10.0 Å². The molecule has 2 aromatic carbocycles. The maximum absolute atomic E-state index is 12.9. The first kappa shape index (κ1) is 17.3. The standard InChI is InChI=1S/C17H13BrCl2N2O2/c1-17(9-10-2-4-11(18)5-3-10)15(23)22(16(24)21-17)14-7-12(19)6-13(20)8-14/h2-8H,9H2,1H3,(H,21,24). The van der Waals surface area contributed by atoms with Gasteiger partial charge in [0.1, 0.15) is 5.54 Å². The normalized spacial score (nSPS) is 20.4. The fourth-order valence-corrected chi connectivity index (χ4v) is 3.50. The molecule has 0 saturated carbocycles. The Balaban J connectivity index is 1.91. The molecular formula is C17H13BrCl2N2O2. The second kappa shape index (κ2) is 6.39. The fourth-order valence-electron chi connectivity index (χ4n) is 2.72. The van der Waals surface area contributed by atoms with E-state index < -0.39 is 11.6 Å². The van der Waals surface area contributed by atoms with E-state index >= 15 is 0 Å². The highest BCUT2D eigenvalue weighted by Crippen LogP contribution is 2.31. The molecule has 3 rings (SSSR count). The predicted molar refractivity (Wildman–Crippen MR) is 98.7 cm³/mol. The average Bonchev–Trinajstić information content (AvgIpc) is 2.70. The number of anilines is 1. The van der Waals surface area contributed by atoms with Crippen LogP contribution in [0.1, 0.15) is 12.5 Å². The molecule has 1 heterocycles. The van der Waals surface area contributed by atoms with Gasteiger partial charge in [0.15, 0.2) is 0 Å². The summed E-state index contributed by atoms with van der Waals surface area (Å²) in [6.07, 6.45) is 0.385. The van der Waals surface area contributed by atoms with Crippen molar-refractivity contribution in [2.45, 2.75) is 18.9 Å². The van der Waals surface area contributed by atoms with Crippen LogP contribution in [0.15, 0.2) is 46.9 Å². The van der Waals surface area contributed by atoms with E-state index in [1.54, 1.807) is 13.0 Å². The number of amides is 3. The minimum atomic E-state index is -1.03. The summed E-state index contributed by atoms with van der Waals surface area (Å²) in [5.74, 6) is -0.339. The van der Waals surface area contributed by atoms with Gasteiger partial charge < -0.3 is 5.32 Å². The molecule has 0 aromatic heterocycles. The number of urea groups is 1. The van der Waals surface area contributed by atoms with Crippen LogP contribution in [-0.2, 0) is 11.2 Å². The lowest BCUT2D eigenvalue weighted by atomic mass is 9.93. The summed E-state index contributed by atoms with van der Waals surface area (Å²) in [6.45, 7) is 1.71. The summed E-state index contributed by atoms with van der Waals surface area (Å²) in [5, 5.41) is 3.49. The molecule has 4 nitrogen and oxygen atoms in total. The molecule has 1 fully saturated rings. The van der Waals surface area contributed by atoms with Gasteiger partial charge in [0.05, 0.1) is 5.69 Å². The van der Waals surface area contributed by atoms with E-state index in [-0.39, 0.29) is 5.91 Å². The molecule has 0 aliphatic carbocycles. The maximum Gasteiger partial charge on any atom is 0.329 e. The third-order valence-corrected chi connectivity index (χ3v) is 4.80. The van der Waals surface area contributed by atoms with Crippen molar-refractivity contribution >= 4 is 56.8 Å². The van der Waals surface area contributed by atoms with Crippen LogP contribution >= 0.6 is 39.1 Å². The number of nitrogens with zero attached hydrogens (tertiary/aromatic N) is 1. The van der Waals surface area contributed by atoms with Crippen molar-refractivity contribution in [2.75, 3.05) is 4.90 Å². The van der Waals surface area contributed by atoms with Gasteiger partial charge >= 0.3 is 6.03 Å². The largest absolute Gasteiger partial charge is 0.329 e. The average molecular weight is 428 g/mol. The molecule has 24 heavy (non-hydrogen) atoms. The molecule has 1 saturated heterocycles. The molecule has 0 bridgehead atoms. The molecule has 7 heteroatoms. The third-order valence-electron chi connectivity index (χ3n) is 3.84. The number of hydrogen-bond acceptors (Lipinski definition) is 2. The lowest BCUT2D eigenvalue weighted by Gasteiger charge is -2.22. The Hall–Kier alpha value is -1.56. The summed E-state index contributed by atoms with van der Waals surface area (Å²) in [5.41, 5.74) is 0.273. The first-order valence-electron chi connectivity index (χ1n) is 7.16. The van der Waals surface area contributed by atoms with E-state index in [0.717, 1.165) is 14.9 Å². The summed E-state index contributed by atoms with van der Waals surface area (Å²) in [4.78, 5) is 26.3. The SMILES string of the molecule is CC1(Cc2ccc(Br)cc2)NC(=O)N(c2cc(Cl)cc(Cl)c2)C1=O. The number of nitrogens with one attached hydrogen (secondary N) is 1. The molecule has 1 unspecified atom stereocenters. The molecule has 1 aliphatic heterocycles. The second-order valence-electron chi connectivity index (χ2n) is 5.83. The Bertz CT molecular complexity index is 806. The number of benzene rings is 2. The Labute approximate surface area is 157 Å². The molecule has 1 aliphatic rings. The molecule has 1 atom stereocenters. The number of imide groups is 1. The quantitative estimate of drug-likeness (QED) is 0.714. The molecule has 0 spiro atoms. The van der Waals surface area contributed by atoms with Crippen LogP contribution in [0.5, 0.6) is 0 Å². The number of carbonyl (C=O) groups excluding carboxylic acids is 2. The van der Waals surface area contributed by atoms with Crippen LogP contribution in [0.25, 0.3) is 0 Å². The molecule has 1 N–H and O–H groups in total. The summed E-state index contributed by atoms with van der Waals surface area (Å²) >= 11 is 15.3. The number of carbonyl (C=O) groups is 2. The van der Waals surface area contributed by atoms with E-state index in [1.807, 2.05) is 24.3 Å². The van der Waals surface area contributed by atoms with Gasteiger partial charge in [0.25, 0.3) is 5.91 Å². The van der Waals surface area contributed by atoms with E-state index in [2.05, 4.69) is 21.2 Å². The summed E-state index contributed by atoms with van der Waals surface area (Å²) in [7, 11) is 0. The van der Waals surface area contributed by atoms with E-state index in [9.17, 15) is 9.59 Å². The van der Waals surface area contributed by atoms with Crippen molar-refractivity contribution < 1.29 is 9.59 Å². The van der Waals surface area contributed by atoms with Gasteiger partial charge in [-0.3, -0.25) is 4.79 Å². The molecular weight excluding hydrogens is 415 g/mol. The topological polar surface area (TPSA) is 49.4 Å². The zero-order valence-electron chi connectivity index (χ0n) is 12.6. The third kappa shape index (κ3) is 3.29. The Morgan fingerprint density at radius 2 is 1.67 bits per heavy atom. The number of rotatable bonds is 3. The van der Waals surface area contributed by atoms with Crippen molar-refractivity contribution in [2.24, 2.45) is 0 Å². The van der Waals surface area contributed by atoms with Crippen LogP contribution in [0.3, 0.4) is 0 Å². The minimum absolute atomic E-state index is 0.339. The van der Waals surface area contributed by atoms with E-state index in [1.165, 1.54) is 12.1 Å². The fraction of sp³-hybridized carbons (Fsp3) is 0.176. The molecule has 124 valence electrons. The van der Waals surface area contributed by atoms with Gasteiger partial charge in [-0.05, 0) is 42.8 Å².